The number of hydrogen-bond donors (Lipinski definition) is 0. The third kappa shape index (κ3) is 5.46. The number of rotatable bonds is 10. The molecule has 4 rings (SSSR count). The lowest BCUT2D eigenvalue weighted by Gasteiger charge is -2.15. The molecular weight excluding hydrogens is 412 g/mol. The summed E-state index contributed by atoms with van der Waals surface area (Å²) in [6, 6.07) is 23.4. The summed E-state index contributed by atoms with van der Waals surface area (Å²) < 4.78 is 17.3. The SMILES string of the molecule is CCCCCCc1cc2c(-c3ccccc3)cc(=O)oc2cc1OCc1ccccc1OC. The minimum absolute atomic E-state index is 0.368. The van der Waals surface area contributed by atoms with Crippen LogP contribution in [-0.4, -0.2) is 7.11 Å². The largest absolute Gasteiger partial charge is 0.496 e. The highest BCUT2D eigenvalue weighted by molar-refractivity contribution is 5.94. The number of benzene rings is 3. The van der Waals surface area contributed by atoms with Crippen LogP contribution in [0.15, 0.2) is 82.0 Å². The molecular formula is C29H30O4. The van der Waals surface area contributed by atoms with Gasteiger partial charge in [-0.3, -0.25) is 0 Å². The van der Waals surface area contributed by atoms with Crippen molar-refractivity contribution in [3.8, 4) is 22.6 Å². The molecule has 0 atom stereocenters. The van der Waals surface area contributed by atoms with Gasteiger partial charge in [0.05, 0.1) is 7.11 Å². The van der Waals surface area contributed by atoms with E-state index < -0.39 is 0 Å². The molecule has 0 unspecified atom stereocenters. The molecule has 0 N–H and O–H groups in total. The summed E-state index contributed by atoms with van der Waals surface area (Å²) in [5, 5.41) is 0.927. The van der Waals surface area contributed by atoms with Crippen LogP contribution in [0.2, 0.25) is 0 Å². The lowest BCUT2D eigenvalue weighted by Crippen LogP contribution is -2.03. The fourth-order valence-electron chi connectivity index (χ4n) is 4.14. The number of para-hydroxylation sites is 1. The Morgan fingerprint density at radius 1 is 0.818 bits per heavy atom. The molecule has 0 saturated carbocycles. The van der Waals surface area contributed by atoms with Gasteiger partial charge in [-0.2, -0.15) is 0 Å². The van der Waals surface area contributed by atoms with Crippen LogP contribution in [0.4, 0.5) is 0 Å². The Hall–Kier alpha value is -3.53. The van der Waals surface area contributed by atoms with Crippen molar-refractivity contribution in [1.29, 1.82) is 0 Å². The molecule has 4 heteroatoms. The van der Waals surface area contributed by atoms with E-state index in [0.717, 1.165) is 52.0 Å². The van der Waals surface area contributed by atoms with Gasteiger partial charge in [0.15, 0.2) is 0 Å². The molecule has 33 heavy (non-hydrogen) atoms. The third-order valence-corrected chi connectivity index (χ3v) is 5.89. The predicted molar refractivity (Wildman–Crippen MR) is 133 cm³/mol. The fourth-order valence-corrected chi connectivity index (χ4v) is 4.14. The monoisotopic (exact) mass is 442 g/mol. The molecule has 0 aliphatic rings. The van der Waals surface area contributed by atoms with Crippen LogP contribution in [0.5, 0.6) is 11.5 Å². The van der Waals surface area contributed by atoms with Crippen molar-refractivity contribution >= 4 is 11.0 Å². The van der Waals surface area contributed by atoms with Crippen molar-refractivity contribution in [3.63, 3.8) is 0 Å². The van der Waals surface area contributed by atoms with Crippen LogP contribution in [0.25, 0.3) is 22.1 Å². The summed E-state index contributed by atoms with van der Waals surface area (Å²) in [4.78, 5) is 12.4. The minimum Gasteiger partial charge on any atom is -0.496 e. The van der Waals surface area contributed by atoms with E-state index in [1.54, 1.807) is 13.2 Å². The Kier molecular flexibility index (Phi) is 7.46. The molecule has 0 aliphatic heterocycles. The molecule has 0 amide bonds. The molecule has 0 fully saturated rings. The maximum atomic E-state index is 12.4. The zero-order valence-electron chi connectivity index (χ0n) is 19.3. The molecule has 4 aromatic rings. The summed E-state index contributed by atoms with van der Waals surface area (Å²) in [5.41, 5.74) is 4.14. The van der Waals surface area contributed by atoms with Crippen LogP contribution in [0.3, 0.4) is 0 Å². The van der Waals surface area contributed by atoms with E-state index in [4.69, 9.17) is 13.9 Å². The Morgan fingerprint density at radius 3 is 2.39 bits per heavy atom. The quantitative estimate of drug-likeness (QED) is 0.193. The van der Waals surface area contributed by atoms with Crippen molar-refractivity contribution < 1.29 is 13.9 Å². The van der Waals surface area contributed by atoms with Gasteiger partial charge in [-0.25, -0.2) is 4.79 Å². The van der Waals surface area contributed by atoms with Gasteiger partial charge in [-0.05, 0) is 41.7 Å². The van der Waals surface area contributed by atoms with Crippen molar-refractivity contribution in [3.05, 3.63) is 94.3 Å². The lowest BCUT2D eigenvalue weighted by atomic mass is 9.98. The van der Waals surface area contributed by atoms with Crippen LogP contribution < -0.4 is 15.1 Å². The number of fused-ring (bicyclic) bond motifs is 1. The predicted octanol–water partition coefficient (Wildman–Crippen LogP) is 7.17. The van der Waals surface area contributed by atoms with Gasteiger partial charge in [0, 0.05) is 23.1 Å². The van der Waals surface area contributed by atoms with E-state index in [0.29, 0.717) is 12.2 Å². The standard InChI is InChI=1S/C29H30O4/c1-3-4-5-7-14-22-17-25-24(21-12-8-6-9-13-21)18-29(30)33-28(25)19-27(22)32-20-23-15-10-11-16-26(23)31-2/h6,8-13,15-19H,3-5,7,14,20H2,1-2H3. The summed E-state index contributed by atoms with van der Waals surface area (Å²) in [6.07, 6.45) is 5.58. The van der Waals surface area contributed by atoms with E-state index in [9.17, 15) is 4.79 Å². The first-order valence-electron chi connectivity index (χ1n) is 11.6. The molecule has 1 heterocycles. The van der Waals surface area contributed by atoms with Gasteiger partial charge < -0.3 is 13.9 Å². The zero-order valence-corrected chi connectivity index (χ0v) is 19.3. The lowest BCUT2D eigenvalue weighted by molar-refractivity contribution is 0.293. The Labute approximate surface area is 194 Å². The topological polar surface area (TPSA) is 48.7 Å². The molecule has 170 valence electrons. The van der Waals surface area contributed by atoms with E-state index in [1.165, 1.54) is 19.3 Å². The molecule has 0 aliphatic carbocycles. The van der Waals surface area contributed by atoms with Gasteiger partial charge in [0.25, 0.3) is 0 Å². The van der Waals surface area contributed by atoms with Gasteiger partial charge in [0.2, 0.25) is 0 Å². The van der Waals surface area contributed by atoms with E-state index in [-0.39, 0.29) is 5.63 Å². The molecule has 4 nitrogen and oxygen atoms in total. The van der Waals surface area contributed by atoms with Crippen LogP contribution >= 0.6 is 0 Å². The zero-order chi connectivity index (χ0) is 23.0. The first kappa shape index (κ1) is 22.7. The molecule has 0 bridgehead atoms. The molecule has 0 saturated heterocycles. The summed E-state index contributed by atoms with van der Waals surface area (Å²) >= 11 is 0. The molecule has 0 radical (unpaired) electrons. The second kappa shape index (κ2) is 10.9. The Balaban J connectivity index is 1.74. The smallest absolute Gasteiger partial charge is 0.336 e. The van der Waals surface area contributed by atoms with Gasteiger partial charge >= 0.3 is 5.63 Å². The van der Waals surface area contributed by atoms with Crippen LogP contribution in [0.1, 0.15) is 43.7 Å². The van der Waals surface area contributed by atoms with Gasteiger partial charge in [-0.15, -0.1) is 0 Å². The average molecular weight is 443 g/mol. The number of methoxy groups -OCH3 is 1. The first-order valence-corrected chi connectivity index (χ1v) is 11.6. The van der Waals surface area contributed by atoms with Gasteiger partial charge in [-0.1, -0.05) is 74.7 Å². The average Bonchev–Trinajstić information content (AvgIpc) is 2.85. The van der Waals surface area contributed by atoms with Gasteiger partial charge in [0.1, 0.15) is 23.7 Å². The van der Waals surface area contributed by atoms with Crippen molar-refractivity contribution in [1.82, 2.24) is 0 Å². The van der Waals surface area contributed by atoms with Crippen molar-refractivity contribution in [2.45, 2.75) is 45.6 Å². The second-order valence-electron chi connectivity index (χ2n) is 8.21. The van der Waals surface area contributed by atoms with E-state index in [2.05, 4.69) is 13.0 Å². The molecule has 1 aromatic heterocycles. The van der Waals surface area contributed by atoms with E-state index in [1.807, 2.05) is 60.7 Å². The maximum Gasteiger partial charge on any atom is 0.336 e. The van der Waals surface area contributed by atoms with Crippen molar-refractivity contribution in [2.75, 3.05) is 7.11 Å². The summed E-state index contributed by atoms with van der Waals surface area (Å²) in [6.45, 7) is 2.59. The normalized spacial score (nSPS) is 11.0. The highest BCUT2D eigenvalue weighted by Crippen LogP contribution is 2.34. The van der Waals surface area contributed by atoms with Crippen molar-refractivity contribution in [2.24, 2.45) is 0 Å². The number of ether oxygens (including phenoxy) is 2. The number of unbranched alkanes of at least 4 members (excludes halogenated alkanes) is 3. The molecule has 3 aromatic carbocycles. The Bertz CT molecular complexity index is 1260. The number of aryl methyl sites for hydroxylation is 1. The van der Waals surface area contributed by atoms with Crippen LogP contribution in [0, 0.1) is 0 Å². The van der Waals surface area contributed by atoms with E-state index >= 15 is 0 Å². The molecule has 0 spiro atoms. The highest BCUT2D eigenvalue weighted by Gasteiger charge is 2.14. The first-order chi connectivity index (χ1) is 16.2. The highest BCUT2D eigenvalue weighted by atomic mass is 16.5. The third-order valence-electron chi connectivity index (χ3n) is 5.89. The summed E-state index contributed by atoms with van der Waals surface area (Å²) in [7, 11) is 1.66. The minimum atomic E-state index is -0.368. The fraction of sp³-hybridized carbons (Fsp3) is 0.276. The Morgan fingerprint density at radius 2 is 1.61 bits per heavy atom. The summed E-state index contributed by atoms with van der Waals surface area (Å²) in [5.74, 6) is 1.54. The second-order valence-corrected chi connectivity index (χ2v) is 8.21. The van der Waals surface area contributed by atoms with Crippen LogP contribution in [-0.2, 0) is 13.0 Å². The maximum absolute atomic E-state index is 12.4. The number of hydrogen-bond acceptors (Lipinski definition) is 4.